The molecule has 0 saturated heterocycles. The Morgan fingerprint density at radius 3 is 2.17 bits per heavy atom. The average Bonchev–Trinajstić information content (AvgIpc) is 2.12. The Bertz CT molecular complexity index is 103. The minimum atomic E-state index is 0.108. The van der Waals surface area contributed by atoms with Gasteiger partial charge in [0.2, 0.25) is 0 Å². The van der Waals surface area contributed by atoms with E-state index in [4.69, 9.17) is 27.9 Å². The van der Waals surface area contributed by atoms with Crippen LogP contribution in [0, 0.1) is 5.41 Å². The molecule has 74 valence electrons. The lowest BCUT2D eigenvalue weighted by atomic mass is 9.89. The van der Waals surface area contributed by atoms with Gasteiger partial charge in [-0.25, -0.2) is 0 Å². The number of methoxy groups -OCH3 is 1. The van der Waals surface area contributed by atoms with E-state index in [1.807, 2.05) is 0 Å². The Hall–Kier alpha value is 0.540. The molecule has 0 aromatic rings. The van der Waals surface area contributed by atoms with Crippen LogP contribution in [0.3, 0.4) is 0 Å². The lowest BCUT2D eigenvalue weighted by Crippen LogP contribution is -2.20. The molecule has 0 saturated carbocycles. The zero-order valence-corrected chi connectivity index (χ0v) is 9.42. The van der Waals surface area contributed by atoms with Gasteiger partial charge in [-0.2, -0.15) is 0 Å². The highest BCUT2D eigenvalue weighted by Crippen LogP contribution is 2.27. The predicted octanol–water partition coefficient (Wildman–Crippen LogP) is 3.29. The topological polar surface area (TPSA) is 9.23 Å². The van der Waals surface area contributed by atoms with E-state index in [1.54, 1.807) is 7.11 Å². The van der Waals surface area contributed by atoms with Crippen molar-refractivity contribution in [2.45, 2.75) is 26.2 Å². The molecular formula is C9H18Cl2O. The van der Waals surface area contributed by atoms with E-state index in [-0.39, 0.29) is 5.41 Å². The van der Waals surface area contributed by atoms with Crippen molar-refractivity contribution in [3.05, 3.63) is 0 Å². The summed E-state index contributed by atoms with van der Waals surface area (Å²) >= 11 is 11.6. The van der Waals surface area contributed by atoms with Crippen molar-refractivity contribution in [2.24, 2.45) is 5.41 Å². The molecule has 12 heavy (non-hydrogen) atoms. The molecule has 0 radical (unpaired) electrons. The van der Waals surface area contributed by atoms with Crippen molar-refractivity contribution in [1.29, 1.82) is 0 Å². The molecule has 0 atom stereocenters. The summed E-state index contributed by atoms with van der Waals surface area (Å²) in [6, 6.07) is 0. The number of hydrogen-bond acceptors (Lipinski definition) is 1. The van der Waals surface area contributed by atoms with Crippen molar-refractivity contribution in [3.63, 3.8) is 0 Å². The first-order chi connectivity index (χ1) is 5.68. The van der Waals surface area contributed by atoms with E-state index >= 15 is 0 Å². The van der Waals surface area contributed by atoms with Crippen LogP contribution in [0.4, 0.5) is 0 Å². The molecule has 0 unspecified atom stereocenters. The van der Waals surface area contributed by atoms with Crippen LogP contribution in [0.15, 0.2) is 0 Å². The summed E-state index contributed by atoms with van der Waals surface area (Å²) in [6.45, 7) is 2.96. The van der Waals surface area contributed by atoms with E-state index in [1.165, 1.54) is 0 Å². The Balaban J connectivity index is 3.45. The maximum absolute atomic E-state index is 5.81. The first-order valence-electron chi connectivity index (χ1n) is 4.29. The van der Waals surface area contributed by atoms with E-state index in [0.29, 0.717) is 11.8 Å². The van der Waals surface area contributed by atoms with E-state index in [2.05, 4.69) is 6.92 Å². The van der Waals surface area contributed by atoms with Gasteiger partial charge in [0.05, 0.1) is 0 Å². The molecule has 0 amide bonds. The van der Waals surface area contributed by atoms with Crippen LogP contribution in [0.1, 0.15) is 26.2 Å². The summed E-state index contributed by atoms with van der Waals surface area (Å²) < 4.78 is 4.96. The predicted molar refractivity (Wildman–Crippen MR) is 55.3 cm³/mol. The Morgan fingerprint density at radius 2 is 1.75 bits per heavy atom. The Morgan fingerprint density at radius 1 is 1.17 bits per heavy atom. The highest BCUT2D eigenvalue weighted by Gasteiger charge is 2.20. The Labute approximate surface area is 85.4 Å². The number of ether oxygens (including phenoxy) is 1. The Kier molecular flexibility index (Phi) is 7.31. The van der Waals surface area contributed by atoms with E-state index < -0.39 is 0 Å². The summed E-state index contributed by atoms with van der Waals surface area (Å²) in [5.74, 6) is 1.28. The molecule has 0 aliphatic carbocycles. The van der Waals surface area contributed by atoms with Crippen LogP contribution < -0.4 is 0 Å². The van der Waals surface area contributed by atoms with Crippen LogP contribution in [-0.2, 0) is 4.74 Å². The van der Waals surface area contributed by atoms with Crippen LogP contribution >= 0.6 is 23.2 Å². The summed E-state index contributed by atoms with van der Waals surface area (Å²) in [6.07, 6.45) is 3.33. The van der Waals surface area contributed by atoms with E-state index in [9.17, 15) is 0 Å². The summed E-state index contributed by atoms with van der Waals surface area (Å²) in [4.78, 5) is 0. The molecule has 0 rings (SSSR count). The van der Waals surface area contributed by atoms with Crippen molar-refractivity contribution < 1.29 is 4.74 Å². The summed E-state index contributed by atoms with van der Waals surface area (Å²) in [5.41, 5.74) is 0.108. The van der Waals surface area contributed by atoms with Gasteiger partial charge in [0.15, 0.2) is 0 Å². The molecule has 0 aromatic heterocycles. The van der Waals surface area contributed by atoms with Gasteiger partial charge >= 0.3 is 0 Å². The van der Waals surface area contributed by atoms with Gasteiger partial charge in [-0.05, 0) is 18.3 Å². The molecule has 0 spiro atoms. The van der Waals surface area contributed by atoms with Gasteiger partial charge in [0.1, 0.15) is 0 Å². The third kappa shape index (κ3) is 5.23. The van der Waals surface area contributed by atoms with Gasteiger partial charge in [0, 0.05) is 25.5 Å². The number of unbranched alkanes of at least 4 members (excludes halogenated alkanes) is 1. The molecule has 0 fully saturated rings. The lowest BCUT2D eigenvalue weighted by molar-refractivity contribution is 0.187. The zero-order chi connectivity index (χ0) is 9.45. The molecule has 0 bridgehead atoms. The summed E-state index contributed by atoms with van der Waals surface area (Å²) in [5, 5.41) is 0. The molecule has 0 aliphatic rings. The quantitative estimate of drug-likeness (QED) is 0.465. The SMILES string of the molecule is COCCCCC(C)(CCl)CCl. The first kappa shape index (κ1) is 12.5. The van der Waals surface area contributed by atoms with Gasteiger partial charge in [-0.1, -0.05) is 13.3 Å². The second-order valence-corrected chi connectivity index (χ2v) is 4.06. The standard InChI is InChI=1S/C9H18Cl2O/c1-9(7-10,8-11)5-3-4-6-12-2/h3-8H2,1-2H3. The fraction of sp³-hybridized carbons (Fsp3) is 1.00. The number of alkyl halides is 2. The second kappa shape index (κ2) is 6.99. The third-order valence-corrected chi connectivity index (χ3v) is 3.31. The molecule has 0 aliphatic heterocycles. The largest absolute Gasteiger partial charge is 0.385 e. The first-order valence-corrected chi connectivity index (χ1v) is 5.36. The van der Waals surface area contributed by atoms with Crippen molar-refractivity contribution >= 4 is 23.2 Å². The number of halogens is 2. The molecule has 0 N–H and O–H groups in total. The van der Waals surface area contributed by atoms with Crippen molar-refractivity contribution in [1.82, 2.24) is 0 Å². The average molecular weight is 213 g/mol. The highest BCUT2D eigenvalue weighted by atomic mass is 35.5. The van der Waals surface area contributed by atoms with Crippen LogP contribution in [-0.4, -0.2) is 25.5 Å². The fourth-order valence-electron chi connectivity index (χ4n) is 0.968. The van der Waals surface area contributed by atoms with Crippen LogP contribution in [0.2, 0.25) is 0 Å². The third-order valence-electron chi connectivity index (χ3n) is 2.02. The van der Waals surface area contributed by atoms with Gasteiger partial charge in [0.25, 0.3) is 0 Å². The van der Waals surface area contributed by atoms with Gasteiger partial charge in [-0.15, -0.1) is 23.2 Å². The minimum absolute atomic E-state index is 0.108. The number of hydrogen-bond donors (Lipinski definition) is 0. The highest BCUT2D eigenvalue weighted by molar-refractivity contribution is 6.21. The zero-order valence-electron chi connectivity index (χ0n) is 7.91. The number of rotatable bonds is 7. The van der Waals surface area contributed by atoms with Crippen molar-refractivity contribution in [2.75, 3.05) is 25.5 Å². The lowest BCUT2D eigenvalue weighted by Gasteiger charge is -2.23. The van der Waals surface area contributed by atoms with Gasteiger partial charge < -0.3 is 4.74 Å². The molecule has 1 nitrogen and oxygen atoms in total. The smallest absolute Gasteiger partial charge is 0.0462 e. The van der Waals surface area contributed by atoms with E-state index in [0.717, 1.165) is 25.9 Å². The second-order valence-electron chi connectivity index (χ2n) is 3.53. The molecule has 3 heteroatoms. The minimum Gasteiger partial charge on any atom is -0.385 e. The monoisotopic (exact) mass is 212 g/mol. The van der Waals surface area contributed by atoms with Gasteiger partial charge in [-0.3, -0.25) is 0 Å². The molecule has 0 heterocycles. The van der Waals surface area contributed by atoms with Crippen LogP contribution in [0.5, 0.6) is 0 Å². The fourth-order valence-corrected chi connectivity index (χ4v) is 1.52. The normalized spacial score (nSPS) is 12.0. The summed E-state index contributed by atoms with van der Waals surface area (Å²) in [7, 11) is 1.72. The maximum atomic E-state index is 5.81. The molecular weight excluding hydrogens is 195 g/mol. The molecule has 0 aromatic carbocycles. The maximum Gasteiger partial charge on any atom is 0.0462 e. The van der Waals surface area contributed by atoms with Crippen LogP contribution in [0.25, 0.3) is 0 Å². The van der Waals surface area contributed by atoms with Crippen molar-refractivity contribution in [3.8, 4) is 0 Å².